The number of hydrogen-bond donors (Lipinski definition) is 2. The highest BCUT2D eigenvalue weighted by atomic mass is 32.2. The van der Waals surface area contributed by atoms with Gasteiger partial charge in [0, 0.05) is 28.1 Å². The van der Waals surface area contributed by atoms with Crippen molar-refractivity contribution in [3.05, 3.63) is 114 Å². The minimum atomic E-state index is -0.589. The molecule has 0 bridgehead atoms. The van der Waals surface area contributed by atoms with Crippen molar-refractivity contribution in [2.75, 3.05) is 31.0 Å². The van der Waals surface area contributed by atoms with Gasteiger partial charge in [-0.2, -0.15) is 0 Å². The van der Waals surface area contributed by atoms with E-state index in [0.29, 0.717) is 46.4 Å². The average molecular weight is 680 g/mol. The first-order valence-electron chi connectivity index (χ1n) is 15.8. The summed E-state index contributed by atoms with van der Waals surface area (Å²) in [5.74, 6) is -0.0257. The summed E-state index contributed by atoms with van der Waals surface area (Å²) >= 11 is 1.28. The summed E-state index contributed by atoms with van der Waals surface area (Å²) in [5, 5.41) is 4.96. The Kier molecular flexibility index (Phi) is 11.7. The number of nitrogens with one attached hydrogen (secondary N) is 2. The first kappa shape index (κ1) is 34.8. The molecule has 0 radical (unpaired) electrons. The second kappa shape index (κ2) is 16.5. The van der Waals surface area contributed by atoms with E-state index in [9.17, 15) is 19.2 Å². The monoisotopic (exact) mass is 679 g/mol. The van der Waals surface area contributed by atoms with Crippen LogP contribution in [0.25, 0.3) is 6.08 Å². The van der Waals surface area contributed by atoms with Gasteiger partial charge in [-0.05, 0) is 79.2 Å². The summed E-state index contributed by atoms with van der Waals surface area (Å²) < 4.78 is 16.6. The Morgan fingerprint density at radius 3 is 2.31 bits per heavy atom. The topological polar surface area (TPSA) is 123 Å². The number of carbonyl (C=O) groups excluding carboxylic acids is 4. The van der Waals surface area contributed by atoms with Gasteiger partial charge < -0.3 is 24.8 Å². The van der Waals surface area contributed by atoms with Crippen LogP contribution in [0, 0.1) is 0 Å². The number of benzene rings is 4. The second-order valence-corrected chi connectivity index (χ2v) is 12.3. The van der Waals surface area contributed by atoms with Gasteiger partial charge in [0.1, 0.15) is 11.4 Å². The van der Waals surface area contributed by atoms with Crippen molar-refractivity contribution in [2.24, 2.45) is 0 Å². The molecule has 10 nitrogen and oxygen atoms in total. The number of methoxy groups -OCH3 is 2. The molecule has 49 heavy (non-hydrogen) atoms. The normalized spacial score (nSPS) is 14.4. The molecule has 5 rings (SSSR count). The Bertz CT molecular complexity index is 1830. The number of para-hydroxylation sites is 1. The third-order valence-corrected chi connectivity index (χ3v) is 8.82. The summed E-state index contributed by atoms with van der Waals surface area (Å²) in [4.78, 5) is 54.7. The molecule has 4 aromatic rings. The number of rotatable bonds is 14. The number of anilines is 2. The molecular formula is C38H37N3O7S. The number of amides is 4. The van der Waals surface area contributed by atoms with Gasteiger partial charge in [0.05, 0.1) is 31.8 Å². The summed E-state index contributed by atoms with van der Waals surface area (Å²) in [5.41, 5.74) is 1.85. The number of thioether (sulfide) groups is 1. The van der Waals surface area contributed by atoms with Gasteiger partial charge in [0.15, 0.2) is 11.5 Å². The van der Waals surface area contributed by atoms with Crippen LogP contribution in [0.1, 0.15) is 42.1 Å². The third kappa shape index (κ3) is 8.68. The maximum absolute atomic E-state index is 13.6. The zero-order valence-corrected chi connectivity index (χ0v) is 28.3. The van der Waals surface area contributed by atoms with Gasteiger partial charge in [-0.15, -0.1) is 11.8 Å². The Labute approximate surface area is 289 Å². The summed E-state index contributed by atoms with van der Waals surface area (Å²) in [6.07, 6.45) is 3.56. The molecule has 1 unspecified atom stereocenters. The number of nitrogens with zero attached hydrogens (tertiary/aromatic N) is 1. The number of ether oxygens (including phenoxy) is 3. The van der Waals surface area contributed by atoms with Crippen LogP contribution in [0.4, 0.5) is 11.4 Å². The Hall–Kier alpha value is -5.55. The van der Waals surface area contributed by atoms with Crippen molar-refractivity contribution in [3.63, 3.8) is 0 Å². The lowest BCUT2D eigenvalue weighted by molar-refractivity contribution is -0.121. The van der Waals surface area contributed by atoms with E-state index in [1.807, 2.05) is 0 Å². The van der Waals surface area contributed by atoms with Crippen molar-refractivity contribution < 1.29 is 33.4 Å². The van der Waals surface area contributed by atoms with E-state index < -0.39 is 17.1 Å². The fourth-order valence-electron chi connectivity index (χ4n) is 5.10. The van der Waals surface area contributed by atoms with Gasteiger partial charge in [0.2, 0.25) is 11.8 Å². The lowest BCUT2D eigenvalue weighted by Gasteiger charge is -2.16. The molecule has 1 aliphatic rings. The second-order valence-electron chi connectivity index (χ2n) is 11.0. The fraction of sp³-hybridized carbons (Fsp3) is 0.211. The van der Waals surface area contributed by atoms with Crippen molar-refractivity contribution in [3.8, 4) is 17.2 Å². The van der Waals surface area contributed by atoms with E-state index in [0.717, 1.165) is 17.7 Å². The largest absolute Gasteiger partial charge is 0.494 e. The van der Waals surface area contributed by atoms with Gasteiger partial charge in [-0.3, -0.25) is 19.2 Å². The molecule has 1 atom stereocenters. The summed E-state index contributed by atoms with van der Waals surface area (Å²) in [6.45, 7) is 2.70. The zero-order chi connectivity index (χ0) is 34.8. The molecule has 0 saturated carbocycles. The van der Waals surface area contributed by atoms with Crippen LogP contribution >= 0.6 is 11.8 Å². The van der Waals surface area contributed by atoms with E-state index in [-0.39, 0.29) is 23.9 Å². The van der Waals surface area contributed by atoms with Crippen LogP contribution in [-0.2, 0) is 14.4 Å². The van der Waals surface area contributed by atoms with Gasteiger partial charge in [-0.25, -0.2) is 4.90 Å². The lowest BCUT2D eigenvalue weighted by atomic mass is 10.1. The molecular weight excluding hydrogens is 642 g/mol. The molecule has 4 amide bonds. The van der Waals surface area contributed by atoms with Crippen LogP contribution in [-0.4, -0.2) is 49.7 Å². The molecule has 0 aromatic heterocycles. The van der Waals surface area contributed by atoms with Crippen LogP contribution in [0.3, 0.4) is 0 Å². The number of carbonyl (C=O) groups is 4. The van der Waals surface area contributed by atoms with E-state index in [1.165, 1.54) is 37.0 Å². The highest BCUT2D eigenvalue weighted by molar-refractivity contribution is 8.00. The van der Waals surface area contributed by atoms with Crippen molar-refractivity contribution >= 4 is 52.8 Å². The molecule has 4 aromatic carbocycles. The summed E-state index contributed by atoms with van der Waals surface area (Å²) in [6, 6.07) is 27.7. The molecule has 11 heteroatoms. The smallest absolute Gasteiger partial charge is 0.272 e. The first-order valence-corrected chi connectivity index (χ1v) is 16.7. The highest BCUT2D eigenvalue weighted by Crippen LogP contribution is 2.35. The molecule has 0 spiro atoms. The number of imide groups is 1. The minimum absolute atomic E-state index is 0.0189. The Morgan fingerprint density at radius 2 is 1.63 bits per heavy atom. The zero-order valence-electron chi connectivity index (χ0n) is 27.4. The van der Waals surface area contributed by atoms with Gasteiger partial charge in [-0.1, -0.05) is 43.7 Å². The molecule has 1 heterocycles. The lowest BCUT2D eigenvalue weighted by Crippen LogP contribution is -2.31. The first-order chi connectivity index (χ1) is 23.8. The maximum Gasteiger partial charge on any atom is 0.272 e. The van der Waals surface area contributed by atoms with Crippen molar-refractivity contribution in [2.45, 2.75) is 36.3 Å². The predicted octanol–water partition coefficient (Wildman–Crippen LogP) is 6.72. The Balaban J connectivity index is 1.28. The molecule has 252 valence electrons. The average Bonchev–Trinajstić information content (AvgIpc) is 3.40. The van der Waals surface area contributed by atoms with E-state index in [2.05, 4.69) is 17.6 Å². The van der Waals surface area contributed by atoms with Crippen LogP contribution in [0.2, 0.25) is 0 Å². The van der Waals surface area contributed by atoms with Gasteiger partial charge in [0.25, 0.3) is 11.8 Å². The number of hydrogen-bond acceptors (Lipinski definition) is 8. The van der Waals surface area contributed by atoms with Crippen LogP contribution < -0.4 is 29.7 Å². The summed E-state index contributed by atoms with van der Waals surface area (Å²) in [7, 11) is 3.00. The van der Waals surface area contributed by atoms with E-state index in [4.69, 9.17) is 14.2 Å². The molecule has 0 aliphatic carbocycles. The molecule has 1 aliphatic heterocycles. The maximum atomic E-state index is 13.6. The van der Waals surface area contributed by atoms with E-state index in [1.54, 1.807) is 97.1 Å². The number of unbranched alkanes of at least 4 members (excludes halogenated alkanes) is 1. The van der Waals surface area contributed by atoms with Crippen molar-refractivity contribution in [1.82, 2.24) is 5.32 Å². The van der Waals surface area contributed by atoms with Gasteiger partial charge >= 0.3 is 0 Å². The van der Waals surface area contributed by atoms with Crippen LogP contribution in [0.5, 0.6) is 17.2 Å². The highest BCUT2D eigenvalue weighted by Gasteiger charge is 2.40. The molecule has 1 fully saturated rings. The minimum Gasteiger partial charge on any atom is -0.494 e. The quantitative estimate of drug-likeness (QED) is 0.0856. The third-order valence-electron chi connectivity index (χ3n) is 7.62. The Morgan fingerprint density at radius 1 is 0.898 bits per heavy atom. The SMILES string of the molecule is CCCCOc1ccc(N2C(=O)CC(Sc3ccc(NC(=O)/C(=C/c4cccc(OC)c4OC)NC(=O)c4ccccc4)cc3)C2=O)cc1. The molecule has 1 saturated heterocycles. The van der Waals surface area contributed by atoms with Crippen molar-refractivity contribution in [1.29, 1.82) is 0 Å². The van der Waals surface area contributed by atoms with E-state index >= 15 is 0 Å². The molecule has 2 N–H and O–H groups in total. The predicted molar refractivity (Wildman–Crippen MR) is 190 cm³/mol. The standard InChI is InChI=1S/C38H37N3O7S/c1-4-5-22-48-29-18-16-28(17-19-29)41-34(42)24-33(38(41)45)49-30-20-14-27(15-21-30)39-37(44)31(40-36(43)25-10-7-6-8-11-25)23-26-12-9-13-32(46-2)35(26)47-3/h6-21,23,33H,4-5,22,24H2,1-3H3,(H,39,44)(H,40,43)/b31-23-. The van der Waals surface area contributed by atoms with Crippen LogP contribution in [0.15, 0.2) is 108 Å². The fourth-order valence-corrected chi connectivity index (χ4v) is 6.15.